The molecule has 2 fully saturated rings. The molecule has 2 saturated carbocycles. The molecule has 2 aliphatic carbocycles. The third-order valence-corrected chi connectivity index (χ3v) is 5.94. The van der Waals surface area contributed by atoms with Gasteiger partial charge in [-0.25, -0.2) is 0 Å². The molecular formula is C18H35N. The van der Waals surface area contributed by atoms with Crippen molar-refractivity contribution in [2.75, 3.05) is 13.1 Å². The third kappa shape index (κ3) is 3.97. The van der Waals surface area contributed by atoms with E-state index >= 15 is 0 Å². The van der Waals surface area contributed by atoms with Gasteiger partial charge in [-0.2, -0.15) is 0 Å². The van der Waals surface area contributed by atoms with E-state index in [1.54, 1.807) is 0 Å². The maximum Gasteiger partial charge on any atom is 0.00105 e. The first-order valence-electron chi connectivity index (χ1n) is 9.01. The summed E-state index contributed by atoms with van der Waals surface area (Å²) in [5, 5.41) is 3.75. The van der Waals surface area contributed by atoms with Crippen LogP contribution >= 0.6 is 0 Å². The van der Waals surface area contributed by atoms with Crippen LogP contribution in [0.4, 0.5) is 0 Å². The predicted octanol–water partition coefficient (Wildman–Crippen LogP) is 5.15. The van der Waals surface area contributed by atoms with Crippen molar-refractivity contribution in [2.24, 2.45) is 17.3 Å². The number of hydrogen-bond donors (Lipinski definition) is 1. The number of hydrogen-bond acceptors (Lipinski definition) is 1. The van der Waals surface area contributed by atoms with E-state index < -0.39 is 0 Å². The quantitative estimate of drug-likeness (QED) is 0.598. The average molecular weight is 265 g/mol. The van der Waals surface area contributed by atoms with Gasteiger partial charge in [0, 0.05) is 6.54 Å². The molecule has 0 spiro atoms. The Morgan fingerprint density at radius 2 is 1.74 bits per heavy atom. The minimum Gasteiger partial charge on any atom is -0.316 e. The van der Waals surface area contributed by atoms with Gasteiger partial charge in [-0.3, -0.25) is 0 Å². The zero-order valence-corrected chi connectivity index (χ0v) is 13.3. The molecule has 0 aliphatic heterocycles. The van der Waals surface area contributed by atoms with E-state index in [1.165, 1.54) is 83.7 Å². The highest BCUT2D eigenvalue weighted by Gasteiger charge is 2.43. The van der Waals surface area contributed by atoms with Gasteiger partial charge in [-0.15, -0.1) is 0 Å². The maximum absolute atomic E-state index is 3.75. The summed E-state index contributed by atoms with van der Waals surface area (Å²) in [6.45, 7) is 7.14. The van der Waals surface area contributed by atoms with Crippen LogP contribution in [-0.4, -0.2) is 13.1 Å². The van der Waals surface area contributed by atoms with E-state index in [0.29, 0.717) is 5.41 Å². The lowest BCUT2D eigenvalue weighted by atomic mass is 9.57. The lowest BCUT2D eigenvalue weighted by Crippen LogP contribution is -2.45. The van der Waals surface area contributed by atoms with Crippen molar-refractivity contribution >= 4 is 0 Å². The van der Waals surface area contributed by atoms with Crippen LogP contribution in [0.5, 0.6) is 0 Å². The van der Waals surface area contributed by atoms with Crippen LogP contribution in [0, 0.1) is 17.3 Å². The molecular weight excluding hydrogens is 230 g/mol. The molecule has 0 atom stereocenters. The van der Waals surface area contributed by atoms with Crippen LogP contribution in [0.25, 0.3) is 0 Å². The first-order chi connectivity index (χ1) is 9.30. The molecule has 2 aliphatic rings. The van der Waals surface area contributed by atoms with Crippen molar-refractivity contribution < 1.29 is 0 Å². The Bertz CT molecular complexity index is 236. The van der Waals surface area contributed by atoms with Crippen LogP contribution in [0.15, 0.2) is 0 Å². The predicted molar refractivity (Wildman–Crippen MR) is 84.4 cm³/mol. The summed E-state index contributed by atoms with van der Waals surface area (Å²) in [5.74, 6) is 2.11. The summed E-state index contributed by atoms with van der Waals surface area (Å²) in [6.07, 6.45) is 16.2. The van der Waals surface area contributed by atoms with Gasteiger partial charge in [0.05, 0.1) is 0 Å². The molecule has 1 nitrogen and oxygen atoms in total. The fraction of sp³-hybridized carbons (Fsp3) is 1.00. The molecule has 0 aromatic rings. The fourth-order valence-corrected chi connectivity index (χ4v) is 4.30. The first kappa shape index (κ1) is 15.4. The van der Waals surface area contributed by atoms with Gasteiger partial charge in [-0.1, -0.05) is 39.5 Å². The molecule has 0 unspecified atom stereocenters. The molecule has 0 bridgehead atoms. The molecule has 0 heterocycles. The number of nitrogens with one attached hydrogen (secondary N) is 1. The molecule has 2 rings (SSSR count). The van der Waals surface area contributed by atoms with Crippen LogP contribution in [-0.2, 0) is 0 Å². The largest absolute Gasteiger partial charge is 0.316 e. The minimum absolute atomic E-state index is 0.691. The van der Waals surface area contributed by atoms with Gasteiger partial charge in [0.1, 0.15) is 0 Å². The SMILES string of the molecule is CCCCC1CCC(CNCCC)(C2CCC2)CC1. The van der Waals surface area contributed by atoms with Crippen molar-refractivity contribution in [2.45, 2.75) is 84.5 Å². The van der Waals surface area contributed by atoms with Gasteiger partial charge in [0.25, 0.3) is 0 Å². The summed E-state index contributed by atoms with van der Waals surface area (Å²) in [7, 11) is 0. The third-order valence-electron chi connectivity index (χ3n) is 5.94. The monoisotopic (exact) mass is 265 g/mol. The highest BCUT2D eigenvalue weighted by molar-refractivity contribution is 4.95. The van der Waals surface area contributed by atoms with E-state index in [-0.39, 0.29) is 0 Å². The zero-order chi connectivity index (χ0) is 13.6. The smallest absolute Gasteiger partial charge is 0.00105 e. The number of rotatable bonds is 8. The van der Waals surface area contributed by atoms with Crippen molar-refractivity contribution in [3.05, 3.63) is 0 Å². The highest BCUT2D eigenvalue weighted by Crippen LogP contribution is 2.52. The van der Waals surface area contributed by atoms with E-state index in [2.05, 4.69) is 19.2 Å². The molecule has 0 aromatic heterocycles. The Hall–Kier alpha value is -0.0400. The minimum atomic E-state index is 0.691. The molecule has 0 saturated heterocycles. The second kappa shape index (κ2) is 7.67. The Balaban J connectivity index is 1.82. The molecule has 0 aromatic carbocycles. The summed E-state index contributed by atoms with van der Waals surface area (Å²) in [6, 6.07) is 0. The van der Waals surface area contributed by atoms with Gasteiger partial charge in [0.15, 0.2) is 0 Å². The molecule has 1 N–H and O–H groups in total. The summed E-state index contributed by atoms with van der Waals surface area (Å²) < 4.78 is 0. The highest BCUT2D eigenvalue weighted by atomic mass is 14.9. The standard InChI is InChI=1S/C18H35N/c1-3-5-7-16-10-12-18(13-11-16,15-19-14-4-2)17-8-6-9-17/h16-17,19H,3-15H2,1-2H3. The Morgan fingerprint density at radius 3 is 2.26 bits per heavy atom. The summed E-state index contributed by atoms with van der Waals surface area (Å²) >= 11 is 0. The van der Waals surface area contributed by atoms with Crippen LogP contribution in [0.1, 0.15) is 84.5 Å². The van der Waals surface area contributed by atoms with E-state index in [1.807, 2.05) is 0 Å². The lowest BCUT2D eigenvalue weighted by Gasteiger charge is -2.50. The van der Waals surface area contributed by atoms with Crippen molar-refractivity contribution in [1.29, 1.82) is 0 Å². The molecule has 1 heteroatoms. The van der Waals surface area contributed by atoms with Gasteiger partial charge in [-0.05, 0) is 68.7 Å². The first-order valence-corrected chi connectivity index (χ1v) is 9.01. The van der Waals surface area contributed by atoms with Crippen molar-refractivity contribution in [3.63, 3.8) is 0 Å². The maximum atomic E-state index is 3.75. The zero-order valence-electron chi connectivity index (χ0n) is 13.3. The van der Waals surface area contributed by atoms with Gasteiger partial charge < -0.3 is 5.32 Å². The lowest BCUT2D eigenvalue weighted by molar-refractivity contribution is 0.0237. The van der Waals surface area contributed by atoms with Crippen LogP contribution in [0.3, 0.4) is 0 Å². The summed E-state index contributed by atoms with van der Waals surface area (Å²) in [4.78, 5) is 0. The Kier molecular flexibility index (Phi) is 6.19. The Labute approximate surface area is 120 Å². The summed E-state index contributed by atoms with van der Waals surface area (Å²) in [5.41, 5.74) is 0.691. The van der Waals surface area contributed by atoms with Crippen molar-refractivity contribution in [1.82, 2.24) is 5.32 Å². The second-order valence-corrected chi connectivity index (χ2v) is 7.25. The molecule has 0 amide bonds. The molecule has 0 radical (unpaired) electrons. The van der Waals surface area contributed by atoms with E-state index in [4.69, 9.17) is 0 Å². The van der Waals surface area contributed by atoms with E-state index in [9.17, 15) is 0 Å². The topological polar surface area (TPSA) is 12.0 Å². The van der Waals surface area contributed by atoms with Gasteiger partial charge >= 0.3 is 0 Å². The van der Waals surface area contributed by atoms with Crippen molar-refractivity contribution in [3.8, 4) is 0 Å². The molecule has 112 valence electrons. The van der Waals surface area contributed by atoms with Crippen LogP contribution < -0.4 is 5.32 Å². The fourth-order valence-electron chi connectivity index (χ4n) is 4.30. The van der Waals surface area contributed by atoms with Crippen LogP contribution in [0.2, 0.25) is 0 Å². The molecule has 19 heavy (non-hydrogen) atoms. The van der Waals surface area contributed by atoms with Gasteiger partial charge in [0.2, 0.25) is 0 Å². The van der Waals surface area contributed by atoms with E-state index in [0.717, 1.165) is 11.8 Å². The second-order valence-electron chi connectivity index (χ2n) is 7.25. The normalized spacial score (nSPS) is 32.2. The average Bonchev–Trinajstić information content (AvgIpc) is 2.36. The number of unbranched alkanes of at least 4 members (excludes halogenated alkanes) is 1. The Morgan fingerprint density at radius 1 is 1.00 bits per heavy atom.